The normalized spacial score (nSPS) is 9.39. The summed E-state index contributed by atoms with van der Waals surface area (Å²) in [7, 11) is 1.87. The second kappa shape index (κ2) is 10.4. The van der Waals surface area contributed by atoms with Gasteiger partial charge >= 0.3 is 0 Å². The fourth-order valence-electron chi connectivity index (χ4n) is 1.75. The van der Waals surface area contributed by atoms with Crippen molar-refractivity contribution in [2.75, 3.05) is 12.4 Å². The third-order valence-electron chi connectivity index (χ3n) is 2.86. The predicted octanol–water partition coefficient (Wildman–Crippen LogP) is 1.77. The average molecular weight is 338 g/mol. The number of amides is 1. The molecular weight excluding hydrogens is 318 g/mol. The van der Waals surface area contributed by atoms with Crippen molar-refractivity contribution in [3.8, 4) is 5.75 Å². The number of aryl methyl sites for hydroxylation is 1. The molecule has 2 rings (SSSR count). The summed E-state index contributed by atoms with van der Waals surface area (Å²) < 4.78 is 5.76. The molecule has 0 fully saturated rings. The van der Waals surface area contributed by atoms with Crippen molar-refractivity contribution < 1.29 is 9.53 Å². The number of hydrogen-bond donors (Lipinski definition) is 4. The van der Waals surface area contributed by atoms with Crippen LogP contribution in [0, 0.1) is 6.92 Å². The Hall–Kier alpha value is -2.35. The molecule has 0 spiro atoms. The number of hydrazine groups is 2. The summed E-state index contributed by atoms with van der Waals surface area (Å²) in [6, 6.07) is 9.50. The van der Waals surface area contributed by atoms with E-state index in [1.165, 1.54) is 0 Å². The third kappa shape index (κ3) is 6.11. The molecule has 0 aliphatic rings. The van der Waals surface area contributed by atoms with Gasteiger partial charge in [0.25, 0.3) is 0 Å². The average Bonchev–Trinajstić information content (AvgIpc) is 2.56. The molecule has 0 saturated carbocycles. The van der Waals surface area contributed by atoms with Crippen LogP contribution in [0.4, 0.5) is 5.69 Å². The Kier molecular flexibility index (Phi) is 8.45. The van der Waals surface area contributed by atoms with Crippen LogP contribution in [0.3, 0.4) is 0 Å². The SMILES string of the molecule is CNc1cccc(Cl)c1COc1cccnc1C.NNNC=O. The Morgan fingerprint density at radius 2 is 2.13 bits per heavy atom. The Bertz CT molecular complexity index is 625. The van der Waals surface area contributed by atoms with E-state index in [1.807, 2.05) is 55.3 Å². The van der Waals surface area contributed by atoms with Crippen molar-refractivity contribution >= 4 is 23.7 Å². The minimum Gasteiger partial charge on any atom is -0.487 e. The lowest BCUT2D eigenvalue weighted by Gasteiger charge is -2.13. The Morgan fingerprint density at radius 3 is 2.70 bits per heavy atom. The van der Waals surface area contributed by atoms with Gasteiger partial charge in [0, 0.05) is 29.5 Å². The molecule has 0 atom stereocenters. The highest BCUT2D eigenvalue weighted by atomic mass is 35.5. The summed E-state index contributed by atoms with van der Waals surface area (Å²) in [5.41, 5.74) is 6.65. The van der Waals surface area contributed by atoms with Gasteiger partial charge in [-0.1, -0.05) is 17.7 Å². The van der Waals surface area contributed by atoms with E-state index in [-0.39, 0.29) is 0 Å². The first-order valence-electron chi connectivity index (χ1n) is 6.78. The smallest absolute Gasteiger partial charge is 0.222 e. The second-order valence-electron chi connectivity index (χ2n) is 4.30. The maximum atomic E-state index is 9.15. The lowest BCUT2D eigenvalue weighted by atomic mass is 10.2. The molecule has 0 aliphatic carbocycles. The van der Waals surface area contributed by atoms with Crippen LogP contribution < -0.4 is 26.9 Å². The van der Waals surface area contributed by atoms with E-state index in [4.69, 9.17) is 21.1 Å². The zero-order valence-electron chi connectivity index (χ0n) is 13.0. The Morgan fingerprint density at radius 1 is 1.35 bits per heavy atom. The molecule has 1 aromatic heterocycles. The van der Waals surface area contributed by atoms with Crippen LogP contribution in [0.25, 0.3) is 0 Å². The van der Waals surface area contributed by atoms with Gasteiger partial charge in [0.2, 0.25) is 6.41 Å². The van der Waals surface area contributed by atoms with Crippen molar-refractivity contribution in [1.29, 1.82) is 0 Å². The number of hydrogen-bond acceptors (Lipinski definition) is 6. The number of halogens is 1. The van der Waals surface area contributed by atoms with Crippen molar-refractivity contribution in [1.82, 2.24) is 15.9 Å². The molecular formula is C15H20ClN5O2. The van der Waals surface area contributed by atoms with Gasteiger partial charge in [-0.15, -0.1) is 0 Å². The first kappa shape index (κ1) is 18.7. The van der Waals surface area contributed by atoms with Crippen molar-refractivity contribution in [3.63, 3.8) is 0 Å². The molecule has 0 unspecified atom stereocenters. The molecule has 0 radical (unpaired) electrons. The number of aromatic nitrogens is 1. The van der Waals surface area contributed by atoms with Crippen LogP contribution >= 0.6 is 11.6 Å². The highest BCUT2D eigenvalue weighted by Crippen LogP contribution is 2.26. The highest BCUT2D eigenvalue weighted by Gasteiger charge is 2.07. The number of nitrogens with one attached hydrogen (secondary N) is 3. The topological polar surface area (TPSA) is 101 Å². The standard InChI is InChI=1S/C14H15ClN2O.CH5N3O/c1-10-14(7-4-8-17-10)18-9-11-12(15)5-3-6-13(11)16-2;2-4-3-1-5/h3-8,16H,9H2,1-2H3;1,4H,2H2,(H,3,5). The fourth-order valence-corrected chi connectivity index (χ4v) is 1.97. The van der Waals surface area contributed by atoms with Crippen LogP contribution in [0.5, 0.6) is 5.75 Å². The molecule has 0 bridgehead atoms. The molecule has 5 N–H and O–H groups in total. The maximum absolute atomic E-state index is 9.15. The van der Waals surface area contributed by atoms with E-state index in [2.05, 4.69) is 16.1 Å². The molecule has 7 nitrogen and oxygen atoms in total. The first-order chi connectivity index (χ1) is 11.1. The van der Waals surface area contributed by atoms with E-state index < -0.39 is 0 Å². The van der Waals surface area contributed by atoms with E-state index in [0.29, 0.717) is 18.0 Å². The van der Waals surface area contributed by atoms with Crippen molar-refractivity contribution in [2.24, 2.45) is 5.84 Å². The summed E-state index contributed by atoms with van der Waals surface area (Å²) in [6.07, 6.45) is 2.19. The summed E-state index contributed by atoms with van der Waals surface area (Å²) in [6.45, 7) is 2.34. The molecule has 0 saturated heterocycles. The lowest BCUT2D eigenvalue weighted by molar-refractivity contribution is -0.110. The maximum Gasteiger partial charge on any atom is 0.222 e. The van der Waals surface area contributed by atoms with Crippen molar-refractivity contribution in [3.05, 3.63) is 52.8 Å². The third-order valence-corrected chi connectivity index (χ3v) is 3.22. The van der Waals surface area contributed by atoms with Crippen LogP contribution in [0.15, 0.2) is 36.5 Å². The molecule has 0 aliphatic heterocycles. The van der Waals surface area contributed by atoms with Crippen LogP contribution in [-0.2, 0) is 11.4 Å². The zero-order chi connectivity index (χ0) is 17.1. The second-order valence-corrected chi connectivity index (χ2v) is 4.71. The van der Waals surface area contributed by atoms with Crippen molar-refractivity contribution in [2.45, 2.75) is 13.5 Å². The molecule has 1 heterocycles. The minimum absolute atomic E-state index is 0.419. The van der Waals surface area contributed by atoms with Gasteiger partial charge in [-0.25, -0.2) is 0 Å². The number of anilines is 1. The van der Waals surface area contributed by atoms with Gasteiger partial charge in [0.1, 0.15) is 12.4 Å². The summed E-state index contributed by atoms with van der Waals surface area (Å²) in [5.74, 6) is 5.32. The van der Waals surface area contributed by atoms with Gasteiger partial charge in [-0.3, -0.25) is 21.0 Å². The zero-order valence-corrected chi connectivity index (χ0v) is 13.7. The van der Waals surface area contributed by atoms with Gasteiger partial charge in [0.05, 0.1) is 5.69 Å². The first-order valence-corrected chi connectivity index (χ1v) is 7.16. The minimum atomic E-state index is 0.419. The van der Waals surface area contributed by atoms with Crippen LogP contribution in [0.2, 0.25) is 5.02 Å². The number of rotatable bonds is 6. The number of benzene rings is 1. The molecule has 23 heavy (non-hydrogen) atoms. The molecule has 2 aromatic rings. The van der Waals surface area contributed by atoms with E-state index in [9.17, 15) is 0 Å². The van der Waals surface area contributed by atoms with E-state index in [0.717, 1.165) is 22.7 Å². The largest absolute Gasteiger partial charge is 0.487 e. The number of pyridine rings is 1. The number of nitrogens with two attached hydrogens (primary N) is 1. The summed E-state index contributed by atoms with van der Waals surface area (Å²) in [5, 5.41) is 3.80. The van der Waals surface area contributed by atoms with Gasteiger partial charge in [-0.2, -0.15) is 5.53 Å². The van der Waals surface area contributed by atoms with Gasteiger partial charge in [-0.05, 0) is 31.2 Å². The van der Waals surface area contributed by atoms with E-state index in [1.54, 1.807) is 6.20 Å². The quantitative estimate of drug-likeness (QED) is 0.364. The molecule has 8 heteroatoms. The summed E-state index contributed by atoms with van der Waals surface area (Å²) in [4.78, 5) is 13.3. The number of carbonyl (C=O) groups is 1. The number of nitrogens with zero attached hydrogens (tertiary/aromatic N) is 1. The molecule has 1 aromatic carbocycles. The van der Waals surface area contributed by atoms with E-state index >= 15 is 0 Å². The van der Waals surface area contributed by atoms with Gasteiger partial charge < -0.3 is 10.1 Å². The summed E-state index contributed by atoms with van der Waals surface area (Å²) >= 11 is 6.18. The Labute approximate surface area is 140 Å². The molecule has 124 valence electrons. The van der Waals surface area contributed by atoms with Gasteiger partial charge in [0.15, 0.2) is 0 Å². The fraction of sp³-hybridized carbons (Fsp3) is 0.200. The van der Waals surface area contributed by atoms with Crippen LogP contribution in [-0.4, -0.2) is 18.4 Å². The number of carbonyl (C=O) groups excluding carboxylic acids is 1. The highest BCUT2D eigenvalue weighted by molar-refractivity contribution is 6.31. The Balaban J connectivity index is 0.000000463. The monoisotopic (exact) mass is 337 g/mol. The van der Waals surface area contributed by atoms with Crippen LogP contribution in [0.1, 0.15) is 11.3 Å². The molecule has 1 amide bonds. The lowest BCUT2D eigenvalue weighted by Crippen LogP contribution is -2.36. The predicted molar refractivity (Wildman–Crippen MR) is 90.8 cm³/mol. The number of ether oxygens (including phenoxy) is 1.